The van der Waals surface area contributed by atoms with Gasteiger partial charge in [-0.2, -0.15) is 0 Å². The number of nitrogens with zero attached hydrogens (tertiary/aromatic N) is 2. The largest absolute Gasteiger partial charge is 0.461 e. The molecule has 0 aliphatic carbocycles. The average Bonchev–Trinajstić information content (AvgIpc) is 2.99. The summed E-state index contributed by atoms with van der Waals surface area (Å²) in [6, 6.07) is 27.5. The number of likely N-dealkylation sites (N-methyl/N-ethyl adjacent to an activating group) is 1. The van der Waals surface area contributed by atoms with E-state index in [0.717, 1.165) is 37.2 Å². The number of rotatable bonds is 13. The molecule has 2 N–H and O–H groups in total. The Kier molecular flexibility index (Phi) is 18.7. The Balaban J connectivity index is 0.000000797. The number of ether oxygens (including phenoxy) is 1. The molecule has 1 unspecified atom stereocenters. The molecule has 0 aliphatic heterocycles. The standard InChI is InChI=1S/C21H27NO.C13H20N2O2.2ClH/c1-5-20(23)21(16-17(2)22(3)4,18-12-8-6-9-13-18)19-14-10-7-11-15-19;1-3-15(4-2)9-10-17-13(16)11-5-7-12(14)8-6-11;;/h6-15,17H,5,16H2,1-4H3;5-8H,3-4,9-10,14H2,1-2H3;2*1H. The number of nitrogen functional groups attached to an aromatic ring is 1. The van der Waals surface area contributed by atoms with E-state index in [2.05, 4.69) is 68.9 Å². The molecule has 3 rings (SSSR count). The normalized spacial score (nSPS) is 11.4. The lowest BCUT2D eigenvalue weighted by atomic mass is 9.67. The Hall–Kier alpha value is -2.90. The predicted molar refractivity (Wildman–Crippen MR) is 180 cm³/mol. The molecule has 0 amide bonds. The molecule has 0 radical (unpaired) electrons. The lowest BCUT2D eigenvalue weighted by molar-refractivity contribution is -0.123. The van der Waals surface area contributed by atoms with Gasteiger partial charge in [-0.05, 0) is 75.9 Å². The van der Waals surface area contributed by atoms with Crippen molar-refractivity contribution in [3.63, 3.8) is 0 Å². The molecule has 0 spiro atoms. The van der Waals surface area contributed by atoms with Crippen molar-refractivity contribution in [2.24, 2.45) is 0 Å². The van der Waals surface area contributed by atoms with Gasteiger partial charge in [0.2, 0.25) is 0 Å². The molecule has 0 fully saturated rings. The number of carbonyl (C=O) groups excluding carboxylic acids is 2. The van der Waals surface area contributed by atoms with Gasteiger partial charge in [-0.25, -0.2) is 4.79 Å². The maximum Gasteiger partial charge on any atom is 0.338 e. The minimum atomic E-state index is -0.582. The van der Waals surface area contributed by atoms with Gasteiger partial charge in [0.05, 0.1) is 11.0 Å². The van der Waals surface area contributed by atoms with E-state index in [1.54, 1.807) is 24.3 Å². The van der Waals surface area contributed by atoms with Crippen LogP contribution < -0.4 is 5.73 Å². The molecule has 0 aliphatic rings. The lowest BCUT2D eigenvalue weighted by Crippen LogP contribution is -2.42. The monoisotopic (exact) mass is 617 g/mol. The zero-order valence-corrected chi connectivity index (χ0v) is 27.5. The molecular weight excluding hydrogens is 569 g/mol. The Morgan fingerprint density at radius 3 is 1.69 bits per heavy atom. The number of nitrogens with two attached hydrogens (primary N) is 1. The van der Waals surface area contributed by atoms with E-state index >= 15 is 0 Å². The van der Waals surface area contributed by atoms with Crippen molar-refractivity contribution in [2.45, 2.75) is 52.0 Å². The molecule has 3 aromatic rings. The third kappa shape index (κ3) is 11.1. The highest BCUT2D eigenvalue weighted by Gasteiger charge is 2.41. The van der Waals surface area contributed by atoms with Crippen LogP contribution in [0.5, 0.6) is 0 Å². The summed E-state index contributed by atoms with van der Waals surface area (Å²) in [4.78, 5) is 29.2. The van der Waals surface area contributed by atoms with Gasteiger partial charge in [0.1, 0.15) is 12.4 Å². The van der Waals surface area contributed by atoms with Crippen LogP contribution in [0.1, 0.15) is 62.0 Å². The van der Waals surface area contributed by atoms with Crippen LogP contribution in [0.25, 0.3) is 0 Å². The van der Waals surface area contributed by atoms with Gasteiger partial charge < -0.3 is 20.3 Å². The molecule has 8 heteroatoms. The van der Waals surface area contributed by atoms with E-state index in [1.807, 2.05) is 43.3 Å². The number of carbonyl (C=O) groups is 2. The van der Waals surface area contributed by atoms with Crippen molar-refractivity contribution in [3.8, 4) is 0 Å². The summed E-state index contributed by atoms with van der Waals surface area (Å²) in [5.74, 6) is -0.0132. The molecule has 42 heavy (non-hydrogen) atoms. The second-order valence-electron chi connectivity index (χ2n) is 10.2. The second-order valence-corrected chi connectivity index (χ2v) is 10.2. The van der Waals surface area contributed by atoms with Crippen molar-refractivity contribution < 1.29 is 14.3 Å². The minimum Gasteiger partial charge on any atom is -0.461 e. The number of esters is 1. The fraction of sp³-hybridized carbons (Fsp3) is 0.412. The molecule has 3 aromatic carbocycles. The molecule has 0 aromatic heterocycles. The molecular formula is C34H49Cl2N3O3. The van der Waals surface area contributed by atoms with Gasteiger partial charge in [0.25, 0.3) is 0 Å². The predicted octanol–water partition coefficient (Wildman–Crippen LogP) is 6.90. The SMILES string of the molecule is CCC(=O)C(CC(C)N(C)C)(c1ccccc1)c1ccccc1.CCN(CC)CCOC(=O)c1ccc(N)cc1.Cl.Cl. The fourth-order valence-electron chi connectivity index (χ4n) is 4.72. The number of halogens is 2. The zero-order chi connectivity index (χ0) is 29.5. The van der Waals surface area contributed by atoms with Crippen LogP contribution in [0.3, 0.4) is 0 Å². The fourth-order valence-corrected chi connectivity index (χ4v) is 4.72. The van der Waals surface area contributed by atoms with Crippen LogP contribution in [0.15, 0.2) is 84.9 Å². The topological polar surface area (TPSA) is 75.9 Å². The minimum absolute atomic E-state index is 0. The Morgan fingerprint density at radius 2 is 1.29 bits per heavy atom. The van der Waals surface area contributed by atoms with Crippen molar-refractivity contribution in [2.75, 3.05) is 46.1 Å². The van der Waals surface area contributed by atoms with E-state index < -0.39 is 5.41 Å². The lowest BCUT2D eigenvalue weighted by Gasteiger charge is -2.37. The van der Waals surface area contributed by atoms with Gasteiger partial charge in [-0.1, -0.05) is 81.4 Å². The number of ketones is 1. The molecule has 0 heterocycles. The van der Waals surface area contributed by atoms with Crippen LogP contribution in [-0.4, -0.2) is 67.9 Å². The summed E-state index contributed by atoms with van der Waals surface area (Å²) in [6.07, 6.45) is 1.31. The van der Waals surface area contributed by atoms with E-state index in [-0.39, 0.29) is 36.6 Å². The number of hydrogen-bond acceptors (Lipinski definition) is 6. The maximum atomic E-state index is 13.2. The van der Waals surface area contributed by atoms with Crippen molar-refractivity contribution >= 4 is 42.3 Å². The molecule has 0 bridgehead atoms. The van der Waals surface area contributed by atoms with Gasteiger partial charge >= 0.3 is 5.97 Å². The molecule has 1 atom stereocenters. The third-order valence-electron chi connectivity index (χ3n) is 7.49. The van der Waals surface area contributed by atoms with Crippen molar-refractivity contribution in [1.29, 1.82) is 0 Å². The first kappa shape index (κ1) is 39.1. The zero-order valence-electron chi connectivity index (χ0n) is 25.9. The van der Waals surface area contributed by atoms with E-state index in [4.69, 9.17) is 10.5 Å². The number of Topliss-reactive ketones (excluding diaryl/α,β-unsaturated/α-hetero) is 1. The first-order valence-corrected chi connectivity index (χ1v) is 14.2. The average molecular weight is 619 g/mol. The Bertz CT molecular complexity index is 1120. The summed E-state index contributed by atoms with van der Waals surface area (Å²) < 4.78 is 5.18. The van der Waals surface area contributed by atoms with E-state index in [0.29, 0.717) is 30.3 Å². The molecule has 0 saturated carbocycles. The summed E-state index contributed by atoms with van der Waals surface area (Å²) in [7, 11) is 4.14. The first-order chi connectivity index (χ1) is 19.2. The highest BCUT2D eigenvalue weighted by atomic mass is 35.5. The molecule has 6 nitrogen and oxygen atoms in total. The summed E-state index contributed by atoms with van der Waals surface area (Å²) >= 11 is 0. The Labute approximate surface area is 265 Å². The van der Waals surface area contributed by atoms with Gasteiger partial charge in [-0.15, -0.1) is 24.8 Å². The van der Waals surface area contributed by atoms with E-state index in [1.165, 1.54) is 0 Å². The van der Waals surface area contributed by atoms with Gasteiger partial charge in [-0.3, -0.25) is 4.79 Å². The number of anilines is 1. The van der Waals surface area contributed by atoms with Crippen LogP contribution >= 0.6 is 24.8 Å². The molecule has 232 valence electrons. The van der Waals surface area contributed by atoms with E-state index in [9.17, 15) is 9.59 Å². The van der Waals surface area contributed by atoms with Crippen LogP contribution in [0, 0.1) is 0 Å². The van der Waals surface area contributed by atoms with Crippen LogP contribution in [-0.2, 0) is 14.9 Å². The van der Waals surface area contributed by atoms with Gasteiger partial charge in [0.15, 0.2) is 0 Å². The van der Waals surface area contributed by atoms with Crippen molar-refractivity contribution in [1.82, 2.24) is 9.80 Å². The number of hydrogen-bond donors (Lipinski definition) is 1. The Morgan fingerprint density at radius 1 is 0.810 bits per heavy atom. The smallest absolute Gasteiger partial charge is 0.338 e. The quantitative estimate of drug-likeness (QED) is 0.166. The van der Waals surface area contributed by atoms with Crippen molar-refractivity contribution in [3.05, 3.63) is 102 Å². The van der Waals surface area contributed by atoms with Crippen LogP contribution in [0.4, 0.5) is 5.69 Å². The highest BCUT2D eigenvalue weighted by Crippen LogP contribution is 2.39. The molecule has 0 saturated heterocycles. The van der Waals surface area contributed by atoms with Crippen LogP contribution in [0.2, 0.25) is 0 Å². The first-order valence-electron chi connectivity index (χ1n) is 14.2. The second kappa shape index (κ2) is 20.1. The summed E-state index contributed by atoms with van der Waals surface area (Å²) in [6.45, 7) is 11.5. The summed E-state index contributed by atoms with van der Waals surface area (Å²) in [5.41, 5.74) is 8.32. The number of benzene rings is 3. The maximum absolute atomic E-state index is 13.2. The third-order valence-corrected chi connectivity index (χ3v) is 7.49. The van der Waals surface area contributed by atoms with Gasteiger partial charge in [0, 0.05) is 24.7 Å². The summed E-state index contributed by atoms with van der Waals surface area (Å²) in [5, 5.41) is 0. The highest BCUT2D eigenvalue weighted by molar-refractivity contribution is 5.93.